The largest absolute Gasteiger partial charge is 0.374 e. The number of carbonyl (C=O) groups is 1. The molecule has 0 aliphatic rings. The van der Waals surface area contributed by atoms with Gasteiger partial charge < -0.3 is 10.1 Å². The molecule has 1 heterocycles. The molecule has 0 saturated heterocycles. The van der Waals surface area contributed by atoms with Crippen molar-refractivity contribution in [3.8, 4) is 0 Å². The van der Waals surface area contributed by atoms with E-state index >= 15 is 0 Å². The average molecular weight is 363 g/mol. The molecule has 5 heteroatoms. The summed E-state index contributed by atoms with van der Waals surface area (Å²) >= 11 is 0. The number of aromatic nitrogens is 2. The Morgan fingerprint density at radius 1 is 0.963 bits per heavy atom. The number of ether oxygens (including phenoxy) is 1. The number of nitrogens with one attached hydrogen (secondary N) is 1. The van der Waals surface area contributed by atoms with E-state index in [0.717, 1.165) is 33.5 Å². The SMILES string of the molecule is Cc1nc2ccc(C(=O)NCc3ccc(COC(C)C)cc3)cc2nc1C. The molecule has 1 amide bonds. The average Bonchev–Trinajstić information content (AvgIpc) is 2.65. The quantitative estimate of drug-likeness (QED) is 0.716. The summed E-state index contributed by atoms with van der Waals surface area (Å²) in [6, 6.07) is 13.5. The minimum atomic E-state index is -0.121. The highest BCUT2D eigenvalue weighted by atomic mass is 16.5. The van der Waals surface area contributed by atoms with Crippen LogP contribution < -0.4 is 5.32 Å². The Bertz CT molecular complexity index is 950. The molecule has 0 aliphatic carbocycles. The molecule has 2 aromatic carbocycles. The third-order valence-electron chi connectivity index (χ3n) is 4.40. The first-order valence-electron chi connectivity index (χ1n) is 9.15. The van der Waals surface area contributed by atoms with Crippen molar-refractivity contribution in [1.29, 1.82) is 0 Å². The third-order valence-corrected chi connectivity index (χ3v) is 4.40. The molecule has 0 saturated carbocycles. The molecule has 3 rings (SSSR count). The second-order valence-corrected chi connectivity index (χ2v) is 6.96. The van der Waals surface area contributed by atoms with Gasteiger partial charge in [0, 0.05) is 12.1 Å². The standard InChI is InChI=1S/C22H25N3O2/c1-14(2)27-13-18-7-5-17(6-8-18)12-23-22(26)19-9-10-20-21(11-19)25-16(4)15(3)24-20/h5-11,14H,12-13H2,1-4H3,(H,23,26). The van der Waals surface area contributed by atoms with Gasteiger partial charge >= 0.3 is 0 Å². The maximum Gasteiger partial charge on any atom is 0.251 e. The molecule has 140 valence electrons. The first-order valence-corrected chi connectivity index (χ1v) is 9.15. The van der Waals surface area contributed by atoms with Crippen molar-refractivity contribution < 1.29 is 9.53 Å². The van der Waals surface area contributed by atoms with Crippen molar-refractivity contribution in [2.24, 2.45) is 0 Å². The summed E-state index contributed by atoms with van der Waals surface area (Å²) in [7, 11) is 0. The number of carbonyl (C=O) groups excluding carboxylic acids is 1. The van der Waals surface area contributed by atoms with Crippen LogP contribution in [0.5, 0.6) is 0 Å². The number of benzene rings is 2. The van der Waals surface area contributed by atoms with E-state index in [4.69, 9.17) is 4.74 Å². The van der Waals surface area contributed by atoms with E-state index in [0.29, 0.717) is 18.7 Å². The van der Waals surface area contributed by atoms with Gasteiger partial charge in [-0.2, -0.15) is 0 Å². The number of amides is 1. The van der Waals surface area contributed by atoms with Crippen LogP contribution in [0.3, 0.4) is 0 Å². The fourth-order valence-electron chi connectivity index (χ4n) is 2.67. The summed E-state index contributed by atoms with van der Waals surface area (Å²) in [6.07, 6.45) is 0.211. The summed E-state index contributed by atoms with van der Waals surface area (Å²) in [5.41, 5.74) is 6.07. The number of hydrogen-bond acceptors (Lipinski definition) is 4. The van der Waals surface area contributed by atoms with E-state index in [9.17, 15) is 4.79 Å². The monoisotopic (exact) mass is 363 g/mol. The lowest BCUT2D eigenvalue weighted by atomic mass is 10.1. The second-order valence-electron chi connectivity index (χ2n) is 6.96. The van der Waals surface area contributed by atoms with Crippen LogP contribution in [0.2, 0.25) is 0 Å². The van der Waals surface area contributed by atoms with Gasteiger partial charge in [0.05, 0.1) is 35.1 Å². The van der Waals surface area contributed by atoms with Crippen LogP contribution in [0.4, 0.5) is 0 Å². The van der Waals surface area contributed by atoms with E-state index in [1.165, 1.54) is 0 Å². The van der Waals surface area contributed by atoms with Crippen molar-refractivity contribution in [1.82, 2.24) is 15.3 Å². The molecular formula is C22H25N3O2. The maximum atomic E-state index is 12.5. The van der Waals surface area contributed by atoms with Crippen molar-refractivity contribution in [2.75, 3.05) is 0 Å². The predicted octanol–water partition coefficient (Wildman–Crippen LogP) is 4.10. The topological polar surface area (TPSA) is 64.1 Å². The molecule has 0 bridgehead atoms. The first-order chi connectivity index (χ1) is 12.9. The Hall–Kier alpha value is -2.79. The normalized spacial score (nSPS) is 11.1. The van der Waals surface area contributed by atoms with E-state index in [-0.39, 0.29) is 12.0 Å². The van der Waals surface area contributed by atoms with Gasteiger partial charge in [0.1, 0.15) is 0 Å². The number of rotatable bonds is 6. The Balaban J connectivity index is 1.63. The lowest BCUT2D eigenvalue weighted by Gasteiger charge is -2.09. The van der Waals surface area contributed by atoms with E-state index in [1.807, 2.05) is 58.0 Å². The van der Waals surface area contributed by atoms with E-state index in [1.54, 1.807) is 12.1 Å². The Labute approximate surface area is 159 Å². The summed E-state index contributed by atoms with van der Waals surface area (Å²) < 4.78 is 5.59. The highest BCUT2D eigenvalue weighted by Crippen LogP contribution is 2.15. The van der Waals surface area contributed by atoms with Crippen molar-refractivity contribution in [3.63, 3.8) is 0 Å². The highest BCUT2D eigenvalue weighted by Gasteiger charge is 2.09. The second kappa shape index (κ2) is 8.27. The summed E-state index contributed by atoms with van der Waals surface area (Å²) in [5, 5.41) is 2.96. The predicted molar refractivity (Wildman–Crippen MR) is 107 cm³/mol. The van der Waals surface area contributed by atoms with E-state index < -0.39 is 0 Å². The van der Waals surface area contributed by atoms with Gasteiger partial charge in [-0.25, -0.2) is 9.97 Å². The Morgan fingerprint density at radius 3 is 2.26 bits per heavy atom. The summed E-state index contributed by atoms with van der Waals surface area (Å²) in [5.74, 6) is -0.121. The van der Waals surface area contributed by atoms with Crippen LogP contribution in [-0.4, -0.2) is 22.0 Å². The fraction of sp³-hybridized carbons (Fsp3) is 0.318. The van der Waals surface area contributed by atoms with Crippen molar-refractivity contribution in [3.05, 3.63) is 70.5 Å². The van der Waals surface area contributed by atoms with Crippen LogP contribution in [-0.2, 0) is 17.9 Å². The number of fused-ring (bicyclic) bond motifs is 1. The molecule has 0 unspecified atom stereocenters. The number of hydrogen-bond donors (Lipinski definition) is 1. The van der Waals surface area contributed by atoms with Gasteiger partial charge in [0.25, 0.3) is 5.91 Å². The van der Waals surface area contributed by atoms with Crippen molar-refractivity contribution >= 4 is 16.9 Å². The Morgan fingerprint density at radius 2 is 1.59 bits per heavy atom. The molecule has 27 heavy (non-hydrogen) atoms. The molecule has 0 spiro atoms. The number of aryl methyl sites for hydroxylation is 2. The molecule has 0 atom stereocenters. The van der Waals surface area contributed by atoms with Crippen molar-refractivity contribution in [2.45, 2.75) is 47.0 Å². The highest BCUT2D eigenvalue weighted by molar-refractivity contribution is 5.97. The maximum absolute atomic E-state index is 12.5. The molecule has 5 nitrogen and oxygen atoms in total. The van der Waals surface area contributed by atoms with Crippen LogP contribution in [0.1, 0.15) is 46.7 Å². The number of nitrogens with zero attached hydrogens (tertiary/aromatic N) is 2. The molecule has 3 aromatic rings. The zero-order valence-electron chi connectivity index (χ0n) is 16.2. The molecule has 1 N–H and O–H groups in total. The van der Waals surface area contributed by atoms with Gasteiger partial charge in [-0.1, -0.05) is 24.3 Å². The summed E-state index contributed by atoms with van der Waals surface area (Å²) in [6.45, 7) is 8.96. The van der Waals surface area contributed by atoms with Crippen LogP contribution in [0.25, 0.3) is 11.0 Å². The fourth-order valence-corrected chi connectivity index (χ4v) is 2.67. The molecular weight excluding hydrogens is 338 g/mol. The van der Waals surface area contributed by atoms with Crippen LogP contribution in [0, 0.1) is 13.8 Å². The van der Waals surface area contributed by atoms with Gasteiger partial charge in [0.2, 0.25) is 0 Å². The molecule has 0 aliphatic heterocycles. The minimum absolute atomic E-state index is 0.121. The summed E-state index contributed by atoms with van der Waals surface area (Å²) in [4.78, 5) is 21.5. The molecule has 1 aromatic heterocycles. The first kappa shape index (κ1) is 19.0. The zero-order valence-corrected chi connectivity index (χ0v) is 16.2. The molecule has 0 fully saturated rings. The van der Waals surface area contributed by atoms with Gasteiger partial charge in [0.15, 0.2) is 0 Å². The van der Waals surface area contributed by atoms with Gasteiger partial charge in [-0.3, -0.25) is 4.79 Å². The molecule has 0 radical (unpaired) electrons. The van der Waals surface area contributed by atoms with Gasteiger partial charge in [-0.05, 0) is 57.0 Å². The smallest absolute Gasteiger partial charge is 0.251 e. The van der Waals surface area contributed by atoms with Crippen LogP contribution in [0.15, 0.2) is 42.5 Å². The Kier molecular flexibility index (Phi) is 5.81. The van der Waals surface area contributed by atoms with Gasteiger partial charge in [-0.15, -0.1) is 0 Å². The lowest BCUT2D eigenvalue weighted by molar-refractivity contribution is 0.0657. The zero-order chi connectivity index (χ0) is 19.4. The van der Waals surface area contributed by atoms with Crippen LogP contribution >= 0.6 is 0 Å². The minimum Gasteiger partial charge on any atom is -0.374 e. The third kappa shape index (κ3) is 4.89. The lowest BCUT2D eigenvalue weighted by Crippen LogP contribution is -2.22. The van der Waals surface area contributed by atoms with E-state index in [2.05, 4.69) is 15.3 Å².